The Balaban J connectivity index is 2.21. The van der Waals surface area contributed by atoms with Crippen molar-refractivity contribution in [2.45, 2.75) is 31.1 Å². The highest BCUT2D eigenvalue weighted by atomic mass is 32.2. The number of rotatable bonds is 4. The van der Waals surface area contributed by atoms with Crippen LogP contribution in [-0.4, -0.2) is 49.6 Å². The summed E-state index contributed by atoms with van der Waals surface area (Å²) in [6.07, 6.45) is 2.79. The normalized spacial score (nSPS) is 21.9. The molecule has 1 heterocycles. The van der Waals surface area contributed by atoms with Crippen molar-refractivity contribution in [3.63, 3.8) is 0 Å². The van der Waals surface area contributed by atoms with E-state index in [9.17, 15) is 23.1 Å². The highest BCUT2D eigenvalue weighted by Gasteiger charge is 2.42. The first-order chi connectivity index (χ1) is 10.7. The van der Waals surface area contributed by atoms with Crippen molar-refractivity contribution in [3.05, 3.63) is 29.8 Å². The molecule has 6 nitrogen and oxygen atoms in total. The van der Waals surface area contributed by atoms with Crippen LogP contribution in [0, 0.1) is 5.41 Å². The van der Waals surface area contributed by atoms with Crippen molar-refractivity contribution >= 4 is 21.7 Å². The molecule has 0 saturated carbocycles. The molecule has 1 aromatic rings. The van der Waals surface area contributed by atoms with Gasteiger partial charge >= 0.3 is 5.97 Å². The van der Waals surface area contributed by atoms with Crippen molar-refractivity contribution in [3.8, 4) is 0 Å². The third-order valence-electron chi connectivity index (χ3n) is 4.52. The van der Waals surface area contributed by atoms with Gasteiger partial charge in [0, 0.05) is 24.9 Å². The minimum Gasteiger partial charge on any atom is -0.481 e. The van der Waals surface area contributed by atoms with E-state index in [2.05, 4.69) is 0 Å². The molecule has 1 amide bonds. The number of carbonyl (C=O) groups excluding carboxylic acids is 1. The average molecular weight is 339 g/mol. The third-order valence-corrected chi connectivity index (χ3v) is 5.65. The van der Waals surface area contributed by atoms with Gasteiger partial charge in [-0.05, 0) is 43.5 Å². The van der Waals surface area contributed by atoms with Gasteiger partial charge in [0.2, 0.25) is 0 Å². The molecule has 1 saturated heterocycles. The molecule has 0 aromatic heterocycles. The zero-order valence-corrected chi connectivity index (χ0v) is 14.1. The smallest absolute Gasteiger partial charge is 0.311 e. The zero-order valence-electron chi connectivity index (χ0n) is 13.3. The summed E-state index contributed by atoms with van der Waals surface area (Å²) in [5.74, 6) is -1.13. The molecule has 0 unspecified atom stereocenters. The fourth-order valence-corrected chi connectivity index (χ4v) is 3.58. The van der Waals surface area contributed by atoms with Gasteiger partial charge in [0.1, 0.15) is 0 Å². The quantitative estimate of drug-likeness (QED) is 0.903. The number of piperidine rings is 1. The number of hydrogen-bond donors (Lipinski definition) is 1. The lowest BCUT2D eigenvalue weighted by Gasteiger charge is -2.39. The molecule has 0 bridgehead atoms. The minimum atomic E-state index is -3.31. The number of carbonyl (C=O) groups is 2. The predicted molar refractivity (Wildman–Crippen MR) is 85.0 cm³/mol. The Morgan fingerprint density at radius 1 is 1.26 bits per heavy atom. The second-order valence-corrected chi connectivity index (χ2v) is 8.08. The van der Waals surface area contributed by atoms with E-state index in [1.165, 1.54) is 24.3 Å². The Labute approximate surface area is 136 Å². The van der Waals surface area contributed by atoms with Crippen LogP contribution in [0.25, 0.3) is 0 Å². The van der Waals surface area contributed by atoms with E-state index in [0.717, 1.165) is 6.26 Å². The summed E-state index contributed by atoms with van der Waals surface area (Å²) < 4.78 is 22.9. The van der Waals surface area contributed by atoms with E-state index < -0.39 is 21.2 Å². The van der Waals surface area contributed by atoms with E-state index in [1.807, 2.05) is 6.92 Å². The summed E-state index contributed by atoms with van der Waals surface area (Å²) >= 11 is 0. The lowest BCUT2D eigenvalue weighted by atomic mass is 9.77. The lowest BCUT2D eigenvalue weighted by molar-refractivity contribution is -0.152. The van der Waals surface area contributed by atoms with Crippen molar-refractivity contribution in [1.82, 2.24) is 4.90 Å². The van der Waals surface area contributed by atoms with Crippen LogP contribution in [0.2, 0.25) is 0 Å². The minimum absolute atomic E-state index is 0.154. The maximum Gasteiger partial charge on any atom is 0.311 e. The molecule has 7 heteroatoms. The number of nitrogens with zero attached hydrogens (tertiary/aromatic N) is 1. The molecule has 1 fully saturated rings. The molecular formula is C16H21NO5S. The van der Waals surface area contributed by atoms with Crippen LogP contribution in [-0.2, 0) is 14.6 Å². The van der Waals surface area contributed by atoms with Gasteiger partial charge in [-0.3, -0.25) is 9.59 Å². The van der Waals surface area contributed by atoms with Gasteiger partial charge in [-0.15, -0.1) is 0 Å². The van der Waals surface area contributed by atoms with Gasteiger partial charge < -0.3 is 10.0 Å². The Hall–Kier alpha value is -1.89. The first-order valence-corrected chi connectivity index (χ1v) is 9.41. The van der Waals surface area contributed by atoms with Gasteiger partial charge in [0.25, 0.3) is 5.91 Å². The third kappa shape index (κ3) is 3.55. The molecule has 1 aromatic carbocycles. The van der Waals surface area contributed by atoms with Crippen molar-refractivity contribution in [2.24, 2.45) is 5.41 Å². The summed E-state index contributed by atoms with van der Waals surface area (Å²) in [7, 11) is -3.31. The van der Waals surface area contributed by atoms with Crippen LogP contribution in [0.5, 0.6) is 0 Å². The van der Waals surface area contributed by atoms with Gasteiger partial charge in [0.15, 0.2) is 9.84 Å². The number of hydrogen-bond acceptors (Lipinski definition) is 4. The number of carboxylic acids is 1. The molecule has 0 radical (unpaired) electrons. The van der Waals surface area contributed by atoms with E-state index in [-0.39, 0.29) is 17.3 Å². The maximum absolute atomic E-state index is 12.6. The van der Waals surface area contributed by atoms with E-state index in [0.29, 0.717) is 31.4 Å². The summed E-state index contributed by atoms with van der Waals surface area (Å²) in [6.45, 7) is 2.52. The first kappa shape index (κ1) is 17.5. The molecule has 1 atom stereocenters. The molecule has 23 heavy (non-hydrogen) atoms. The zero-order chi connectivity index (χ0) is 17.3. The standard InChI is InChI=1S/C16H21NO5S/c1-3-16(15(19)20)9-4-10-17(11-16)14(18)12-5-7-13(8-6-12)23(2,21)22/h5-8H,3-4,9-11H2,1-2H3,(H,19,20)/t16-/m0/s1. The van der Waals surface area contributed by atoms with Crippen molar-refractivity contribution < 1.29 is 23.1 Å². The van der Waals surface area contributed by atoms with Crippen molar-refractivity contribution in [2.75, 3.05) is 19.3 Å². The van der Waals surface area contributed by atoms with Gasteiger partial charge in [0.05, 0.1) is 10.3 Å². The van der Waals surface area contributed by atoms with Gasteiger partial charge in [-0.1, -0.05) is 6.92 Å². The van der Waals surface area contributed by atoms with Crippen LogP contribution in [0.4, 0.5) is 0 Å². The first-order valence-electron chi connectivity index (χ1n) is 7.52. The summed E-state index contributed by atoms with van der Waals surface area (Å²) in [5.41, 5.74) is -0.518. The Kier molecular flexibility index (Phi) is 4.79. The van der Waals surface area contributed by atoms with Gasteiger partial charge in [-0.25, -0.2) is 8.42 Å². The van der Waals surface area contributed by atoms with E-state index in [1.54, 1.807) is 4.90 Å². The van der Waals surface area contributed by atoms with Crippen LogP contribution in [0.1, 0.15) is 36.5 Å². The Morgan fingerprint density at radius 2 is 1.87 bits per heavy atom. The maximum atomic E-state index is 12.6. The fraction of sp³-hybridized carbons (Fsp3) is 0.500. The lowest BCUT2D eigenvalue weighted by Crippen LogP contribution is -2.49. The molecule has 0 spiro atoms. The number of carboxylic acid groups (broad SMARTS) is 1. The Morgan fingerprint density at radius 3 is 2.35 bits per heavy atom. The van der Waals surface area contributed by atoms with Crippen LogP contribution in [0.15, 0.2) is 29.2 Å². The summed E-state index contributed by atoms with van der Waals surface area (Å²) in [6, 6.07) is 5.75. The van der Waals surface area contributed by atoms with Crippen LogP contribution in [0.3, 0.4) is 0 Å². The molecule has 1 N–H and O–H groups in total. The molecule has 0 aliphatic carbocycles. The number of benzene rings is 1. The molecule has 2 rings (SSSR count). The largest absolute Gasteiger partial charge is 0.481 e. The fourth-order valence-electron chi connectivity index (χ4n) is 2.95. The Bertz CT molecular complexity index is 710. The summed E-state index contributed by atoms with van der Waals surface area (Å²) in [4.78, 5) is 25.8. The van der Waals surface area contributed by atoms with E-state index in [4.69, 9.17) is 0 Å². The molecule has 1 aliphatic rings. The number of sulfone groups is 1. The highest BCUT2D eigenvalue weighted by Crippen LogP contribution is 2.34. The van der Waals surface area contributed by atoms with E-state index >= 15 is 0 Å². The molecule has 1 aliphatic heterocycles. The van der Waals surface area contributed by atoms with Crippen molar-refractivity contribution in [1.29, 1.82) is 0 Å². The van der Waals surface area contributed by atoms with Gasteiger partial charge in [-0.2, -0.15) is 0 Å². The number of amides is 1. The van der Waals surface area contributed by atoms with Crippen LogP contribution < -0.4 is 0 Å². The molecular weight excluding hydrogens is 318 g/mol. The average Bonchev–Trinajstić information content (AvgIpc) is 2.53. The monoisotopic (exact) mass is 339 g/mol. The second kappa shape index (κ2) is 6.31. The SMILES string of the molecule is CC[C@]1(C(=O)O)CCCN(C(=O)c2ccc(S(C)(=O)=O)cc2)C1. The predicted octanol–water partition coefficient (Wildman–Crippen LogP) is 1.81. The summed E-state index contributed by atoms with van der Waals surface area (Å²) in [5, 5.41) is 9.48. The number of aliphatic carboxylic acids is 1. The second-order valence-electron chi connectivity index (χ2n) is 6.07. The highest BCUT2D eigenvalue weighted by molar-refractivity contribution is 7.90. The molecule has 126 valence electrons. The van der Waals surface area contributed by atoms with Crippen LogP contribution >= 0.6 is 0 Å². The topological polar surface area (TPSA) is 91.8 Å². The number of likely N-dealkylation sites (tertiary alicyclic amines) is 1.